The topological polar surface area (TPSA) is 72.2 Å². The molecular formula is C13H19ClN2O2S. The summed E-state index contributed by atoms with van der Waals surface area (Å²) in [5.41, 5.74) is 6.40. The first-order chi connectivity index (χ1) is 8.86. The maximum absolute atomic E-state index is 12.2. The predicted molar refractivity (Wildman–Crippen MR) is 76.5 cm³/mol. The van der Waals surface area contributed by atoms with E-state index in [-0.39, 0.29) is 15.3 Å². The van der Waals surface area contributed by atoms with E-state index in [2.05, 4.69) is 11.6 Å². The quantitative estimate of drug-likeness (QED) is 0.876. The summed E-state index contributed by atoms with van der Waals surface area (Å²) in [5, 5.41) is 0.217. The van der Waals surface area contributed by atoms with Gasteiger partial charge in [0.15, 0.2) is 0 Å². The lowest BCUT2D eigenvalue weighted by atomic mass is 9.71. The van der Waals surface area contributed by atoms with E-state index in [1.54, 1.807) is 12.1 Å². The molecule has 1 aliphatic rings. The van der Waals surface area contributed by atoms with E-state index in [1.807, 2.05) is 0 Å². The molecule has 1 aliphatic carbocycles. The zero-order valence-electron chi connectivity index (χ0n) is 10.9. The number of hydrogen-bond donors (Lipinski definition) is 2. The molecule has 1 fully saturated rings. The highest BCUT2D eigenvalue weighted by Crippen LogP contribution is 2.39. The summed E-state index contributed by atoms with van der Waals surface area (Å²) in [5.74, 6) is 0. The van der Waals surface area contributed by atoms with Gasteiger partial charge in [-0.15, -0.1) is 0 Å². The van der Waals surface area contributed by atoms with Crippen LogP contribution >= 0.6 is 11.6 Å². The lowest BCUT2D eigenvalue weighted by Crippen LogP contribution is -2.39. The predicted octanol–water partition coefficient (Wildman–Crippen LogP) is 2.27. The number of benzene rings is 1. The Morgan fingerprint density at radius 3 is 2.58 bits per heavy atom. The monoisotopic (exact) mass is 302 g/mol. The van der Waals surface area contributed by atoms with Crippen molar-refractivity contribution in [1.29, 1.82) is 0 Å². The molecule has 0 heterocycles. The van der Waals surface area contributed by atoms with Crippen LogP contribution in [0.5, 0.6) is 0 Å². The fourth-order valence-electron chi connectivity index (χ4n) is 2.19. The van der Waals surface area contributed by atoms with Gasteiger partial charge in [-0.25, -0.2) is 13.1 Å². The van der Waals surface area contributed by atoms with E-state index in [0.29, 0.717) is 13.1 Å². The van der Waals surface area contributed by atoms with Gasteiger partial charge in [-0.05, 0) is 36.0 Å². The molecule has 3 N–H and O–H groups in total. The fourth-order valence-corrected chi connectivity index (χ4v) is 3.96. The summed E-state index contributed by atoms with van der Waals surface area (Å²) in [4.78, 5) is 0.120. The van der Waals surface area contributed by atoms with Gasteiger partial charge in [0.1, 0.15) is 4.90 Å². The molecule has 6 heteroatoms. The average Bonchev–Trinajstić information content (AvgIpc) is 2.33. The summed E-state index contributed by atoms with van der Waals surface area (Å²) in [7, 11) is -3.55. The molecule has 106 valence electrons. The molecule has 0 bridgehead atoms. The highest BCUT2D eigenvalue weighted by molar-refractivity contribution is 7.89. The minimum Gasteiger partial charge on any atom is -0.326 e. The van der Waals surface area contributed by atoms with Crippen LogP contribution in [0.15, 0.2) is 23.1 Å². The number of halogens is 1. The average molecular weight is 303 g/mol. The SMILES string of the molecule is CC1(CNS(=O)(=O)c2ccc(CN)cc2Cl)CCC1. The van der Waals surface area contributed by atoms with Crippen molar-refractivity contribution in [3.8, 4) is 0 Å². The second kappa shape index (κ2) is 5.40. The standard InChI is InChI=1S/C13H19ClN2O2S/c1-13(5-2-6-13)9-16-19(17,18)12-4-3-10(8-15)7-11(12)14/h3-4,7,16H,2,5-6,8-9,15H2,1H3. The molecule has 19 heavy (non-hydrogen) atoms. The van der Waals surface area contributed by atoms with Crippen molar-refractivity contribution in [1.82, 2.24) is 4.72 Å². The van der Waals surface area contributed by atoms with Crippen LogP contribution in [-0.2, 0) is 16.6 Å². The van der Waals surface area contributed by atoms with Crippen LogP contribution in [0.2, 0.25) is 5.02 Å². The van der Waals surface area contributed by atoms with Crippen LogP contribution in [0.4, 0.5) is 0 Å². The Hall–Kier alpha value is -0.620. The van der Waals surface area contributed by atoms with Crippen molar-refractivity contribution in [2.24, 2.45) is 11.1 Å². The largest absolute Gasteiger partial charge is 0.326 e. The summed E-state index contributed by atoms with van der Waals surface area (Å²) in [6.07, 6.45) is 3.30. The smallest absolute Gasteiger partial charge is 0.242 e. The van der Waals surface area contributed by atoms with E-state index in [9.17, 15) is 8.42 Å². The minimum absolute atomic E-state index is 0.0940. The highest BCUT2D eigenvalue weighted by atomic mass is 35.5. The zero-order chi connectivity index (χ0) is 14.1. The minimum atomic E-state index is -3.55. The summed E-state index contributed by atoms with van der Waals surface area (Å²) >= 11 is 6.02. The maximum Gasteiger partial charge on any atom is 0.242 e. The summed E-state index contributed by atoms with van der Waals surface area (Å²) in [6.45, 7) is 2.90. The number of sulfonamides is 1. The van der Waals surface area contributed by atoms with Crippen molar-refractivity contribution in [2.45, 2.75) is 37.6 Å². The Morgan fingerprint density at radius 1 is 1.42 bits per heavy atom. The van der Waals surface area contributed by atoms with E-state index < -0.39 is 10.0 Å². The Labute approximate surface area is 119 Å². The molecule has 0 atom stereocenters. The van der Waals surface area contributed by atoms with E-state index in [0.717, 1.165) is 18.4 Å². The molecule has 1 saturated carbocycles. The summed E-state index contributed by atoms with van der Waals surface area (Å²) in [6, 6.07) is 4.79. The lowest BCUT2D eigenvalue weighted by molar-refractivity contribution is 0.166. The van der Waals surface area contributed by atoms with Gasteiger partial charge in [0.05, 0.1) is 5.02 Å². The summed E-state index contributed by atoms with van der Waals surface area (Å²) < 4.78 is 27.1. The van der Waals surface area contributed by atoms with Gasteiger partial charge in [0.2, 0.25) is 10.0 Å². The van der Waals surface area contributed by atoms with E-state index >= 15 is 0 Å². The van der Waals surface area contributed by atoms with Crippen molar-refractivity contribution < 1.29 is 8.42 Å². The van der Waals surface area contributed by atoms with Gasteiger partial charge in [0, 0.05) is 13.1 Å². The third-order valence-electron chi connectivity index (χ3n) is 3.77. The number of rotatable bonds is 5. The second-order valence-corrected chi connectivity index (χ2v) is 7.60. The van der Waals surface area contributed by atoms with Crippen LogP contribution < -0.4 is 10.5 Å². The molecule has 0 saturated heterocycles. The van der Waals surface area contributed by atoms with Crippen molar-refractivity contribution in [3.63, 3.8) is 0 Å². The van der Waals surface area contributed by atoms with Crippen LogP contribution in [0.3, 0.4) is 0 Å². The first kappa shape index (κ1) is 14.8. The number of nitrogens with one attached hydrogen (secondary N) is 1. The van der Waals surface area contributed by atoms with Gasteiger partial charge in [-0.1, -0.05) is 31.0 Å². The Bertz CT molecular complexity index is 568. The van der Waals surface area contributed by atoms with Crippen LogP contribution in [0, 0.1) is 5.41 Å². The molecule has 0 radical (unpaired) electrons. The van der Waals surface area contributed by atoms with Crippen molar-refractivity contribution >= 4 is 21.6 Å². The van der Waals surface area contributed by atoms with Crippen molar-refractivity contribution in [2.75, 3.05) is 6.54 Å². The van der Waals surface area contributed by atoms with E-state index in [1.165, 1.54) is 12.5 Å². The third kappa shape index (κ3) is 3.28. The van der Waals surface area contributed by atoms with E-state index in [4.69, 9.17) is 17.3 Å². The molecule has 2 rings (SSSR count). The first-order valence-corrected chi connectivity index (χ1v) is 8.21. The molecule has 4 nitrogen and oxygen atoms in total. The maximum atomic E-state index is 12.2. The molecule has 1 aromatic carbocycles. The lowest BCUT2D eigenvalue weighted by Gasteiger charge is -2.38. The molecule has 0 aliphatic heterocycles. The Balaban J connectivity index is 2.15. The molecule has 0 spiro atoms. The molecule has 0 aromatic heterocycles. The third-order valence-corrected chi connectivity index (χ3v) is 5.66. The van der Waals surface area contributed by atoms with Crippen LogP contribution in [0.25, 0.3) is 0 Å². The first-order valence-electron chi connectivity index (χ1n) is 6.34. The molecule has 0 unspecified atom stereocenters. The normalized spacial score (nSPS) is 18.1. The highest BCUT2D eigenvalue weighted by Gasteiger charge is 2.33. The fraction of sp³-hybridized carbons (Fsp3) is 0.538. The van der Waals surface area contributed by atoms with Crippen LogP contribution in [-0.4, -0.2) is 15.0 Å². The number of nitrogens with two attached hydrogens (primary N) is 1. The van der Waals surface area contributed by atoms with Crippen LogP contribution in [0.1, 0.15) is 31.7 Å². The molecule has 1 aromatic rings. The Kier molecular flexibility index (Phi) is 4.20. The second-order valence-electron chi connectivity index (χ2n) is 5.46. The molecular weight excluding hydrogens is 284 g/mol. The molecule has 0 amide bonds. The van der Waals surface area contributed by atoms with Gasteiger partial charge in [0.25, 0.3) is 0 Å². The van der Waals surface area contributed by atoms with Gasteiger partial charge >= 0.3 is 0 Å². The van der Waals surface area contributed by atoms with Gasteiger partial charge in [-0.3, -0.25) is 0 Å². The zero-order valence-corrected chi connectivity index (χ0v) is 12.5. The van der Waals surface area contributed by atoms with Gasteiger partial charge in [-0.2, -0.15) is 0 Å². The van der Waals surface area contributed by atoms with Gasteiger partial charge < -0.3 is 5.73 Å². The van der Waals surface area contributed by atoms with Crippen molar-refractivity contribution in [3.05, 3.63) is 28.8 Å². The number of hydrogen-bond acceptors (Lipinski definition) is 3. The Morgan fingerprint density at radius 2 is 2.11 bits per heavy atom.